The summed E-state index contributed by atoms with van der Waals surface area (Å²) in [6, 6.07) is 4.19. The molecule has 4 N–H and O–H groups in total. The second-order valence-electron chi connectivity index (χ2n) is 3.99. The number of anilines is 1. The van der Waals surface area contributed by atoms with Gasteiger partial charge in [0.1, 0.15) is 11.9 Å². The van der Waals surface area contributed by atoms with Gasteiger partial charge < -0.3 is 10.4 Å². The first kappa shape index (κ1) is 16.8. The number of thioether (sulfide) groups is 1. The molecule has 2 amide bonds. The average molecular weight is 312 g/mol. The Kier molecular flexibility index (Phi) is 7.02. The molecule has 1 rings (SSSR count). The lowest BCUT2D eigenvalue weighted by Gasteiger charge is -2.12. The summed E-state index contributed by atoms with van der Waals surface area (Å²) in [5, 5.41) is 11.2. The highest BCUT2D eigenvalue weighted by atomic mass is 32.2. The number of aromatic nitrogens is 1. The second-order valence-corrected chi connectivity index (χ2v) is 5.02. The van der Waals surface area contributed by atoms with Crippen LogP contribution in [0.3, 0.4) is 0 Å². The van der Waals surface area contributed by atoms with Crippen LogP contribution in [0.2, 0.25) is 0 Å². The number of nitrogens with one attached hydrogen (secondary N) is 3. The van der Waals surface area contributed by atoms with Crippen molar-refractivity contribution < 1.29 is 19.5 Å². The second kappa shape index (κ2) is 8.80. The van der Waals surface area contributed by atoms with Crippen molar-refractivity contribution >= 4 is 35.4 Å². The lowest BCUT2D eigenvalue weighted by molar-refractivity contribution is -0.140. The molecule has 0 aliphatic rings. The van der Waals surface area contributed by atoms with Crippen LogP contribution in [-0.4, -0.2) is 45.4 Å². The van der Waals surface area contributed by atoms with Crippen molar-refractivity contribution in [2.75, 3.05) is 16.9 Å². The van der Waals surface area contributed by atoms with Gasteiger partial charge >= 0.3 is 5.97 Å². The minimum atomic E-state index is -1.13. The quantitative estimate of drug-likeness (QED) is 0.492. The monoisotopic (exact) mass is 312 g/mol. The van der Waals surface area contributed by atoms with Gasteiger partial charge in [-0.1, -0.05) is 6.07 Å². The molecule has 1 unspecified atom stereocenters. The molecule has 8 nitrogen and oxygen atoms in total. The molecule has 1 aromatic rings. The van der Waals surface area contributed by atoms with Gasteiger partial charge in [0.2, 0.25) is 11.8 Å². The Morgan fingerprint density at radius 2 is 2.14 bits per heavy atom. The zero-order valence-electron chi connectivity index (χ0n) is 11.3. The van der Waals surface area contributed by atoms with Gasteiger partial charge in [-0.15, -0.1) is 11.8 Å². The Bertz CT molecular complexity index is 497. The molecule has 0 aliphatic heterocycles. The molecule has 9 heteroatoms. The molecular formula is C12H16N4O4S. The van der Waals surface area contributed by atoms with Crippen LogP contribution in [0.15, 0.2) is 24.4 Å². The van der Waals surface area contributed by atoms with Crippen molar-refractivity contribution in [3.05, 3.63) is 24.4 Å². The summed E-state index contributed by atoms with van der Waals surface area (Å²) < 4.78 is 0. The fourth-order valence-electron chi connectivity index (χ4n) is 1.30. The highest BCUT2D eigenvalue weighted by molar-refractivity contribution is 8.00. The van der Waals surface area contributed by atoms with Crippen molar-refractivity contribution in [3.8, 4) is 0 Å². The van der Waals surface area contributed by atoms with E-state index in [4.69, 9.17) is 5.11 Å². The van der Waals surface area contributed by atoms with E-state index in [2.05, 4.69) is 21.2 Å². The third kappa shape index (κ3) is 7.16. The van der Waals surface area contributed by atoms with Crippen LogP contribution in [0.25, 0.3) is 0 Å². The Balaban J connectivity index is 2.26. The standard InChI is InChI=1S/C12H16N4O4S/c1-8(17)14-9(12(19)20)6-21-7-11(18)16-15-10-4-2-3-5-13-10/h2-5,9H,6-7H2,1H3,(H,13,15)(H,14,17)(H,16,18)(H,19,20). The van der Waals surface area contributed by atoms with E-state index in [9.17, 15) is 14.4 Å². The van der Waals surface area contributed by atoms with Crippen molar-refractivity contribution in [1.82, 2.24) is 15.7 Å². The number of aliphatic carboxylic acids is 1. The van der Waals surface area contributed by atoms with Gasteiger partial charge in [-0.2, -0.15) is 0 Å². The summed E-state index contributed by atoms with van der Waals surface area (Å²) in [6.45, 7) is 1.24. The van der Waals surface area contributed by atoms with Crippen molar-refractivity contribution in [2.24, 2.45) is 0 Å². The number of rotatable bonds is 8. The summed E-state index contributed by atoms with van der Waals surface area (Å²) in [7, 11) is 0. The van der Waals surface area contributed by atoms with Gasteiger partial charge in [-0.25, -0.2) is 9.78 Å². The first-order chi connectivity index (χ1) is 9.99. The van der Waals surface area contributed by atoms with Crippen molar-refractivity contribution in [3.63, 3.8) is 0 Å². The number of carboxylic acid groups (broad SMARTS) is 1. The molecule has 0 fully saturated rings. The molecule has 0 radical (unpaired) electrons. The van der Waals surface area contributed by atoms with Gasteiger partial charge in [0.25, 0.3) is 0 Å². The zero-order chi connectivity index (χ0) is 15.7. The van der Waals surface area contributed by atoms with Crippen LogP contribution in [0.4, 0.5) is 5.82 Å². The maximum atomic E-state index is 11.5. The average Bonchev–Trinajstić information content (AvgIpc) is 2.44. The Morgan fingerprint density at radius 3 is 2.71 bits per heavy atom. The lowest BCUT2D eigenvalue weighted by atomic mass is 10.3. The molecule has 0 bridgehead atoms. The Labute approximate surface area is 125 Å². The summed E-state index contributed by atoms with van der Waals surface area (Å²) in [4.78, 5) is 37.2. The van der Waals surface area contributed by atoms with Gasteiger partial charge in [-0.3, -0.25) is 20.4 Å². The van der Waals surface area contributed by atoms with Crippen molar-refractivity contribution in [1.29, 1.82) is 0 Å². The predicted octanol–water partition coefficient (Wildman–Crippen LogP) is -0.153. The molecule has 0 saturated heterocycles. The number of amides is 2. The SMILES string of the molecule is CC(=O)NC(CSCC(=O)NNc1ccccn1)C(=O)O. The van der Waals surface area contributed by atoms with Crippen LogP contribution < -0.4 is 16.2 Å². The van der Waals surface area contributed by atoms with Gasteiger partial charge in [0.05, 0.1) is 5.75 Å². The molecule has 1 atom stereocenters. The molecule has 114 valence electrons. The molecule has 1 aromatic heterocycles. The molecule has 0 aliphatic carbocycles. The van der Waals surface area contributed by atoms with E-state index in [1.54, 1.807) is 24.4 Å². The maximum Gasteiger partial charge on any atom is 0.327 e. The number of pyridine rings is 1. The Hall–Kier alpha value is -2.29. The number of hydrazine groups is 1. The number of carbonyl (C=O) groups is 3. The fourth-order valence-corrected chi connectivity index (χ4v) is 2.13. The van der Waals surface area contributed by atoms with Crippen LogP contribution in [-0.2, 0) is 14.4 Å². The van der Waals surface area contributed by atoms with Crippen LogP contribution in [0.1, 0.15) is 6.92 Å². The number of carbonyl (C=O) groups excluding carboxylic acids is 2. The molecule has 0 aromatic carbocycles. The normalized spacial score (nSPS) is 11.3. The van der Waals surface area contributed by atoms with E-state index in [0.29, 0.717) is 5.82 Å². The van der Waals surface area contributed by atoms with E-state index in [0.717, 1.165) is 11.8 Å². The first-order valence-corrected chi connectivity index (χ1v) is 7.18. The van der Waals surface area contributed by atoms with Gasteiger partial charge in [0, 0.05) is 18.9 Å². The molecule has 0 spiro atoms. The summed E-state index contributed by atoms with van der Waals surface area (Å²) in [5.74, 6) is -1.22. The Morgan fingerprint density at radius 1 is 1.38 bits per heavy atom. The topological polar surface area (TPSA) is 120 Å². The number of nitrogens with zero attached hydrogens (tertiary/aromatic N) is 1. The first-order valence-electron chi connectivity index (χ1n) is 6.02. The van der Waals surface area contributed by atoms with Crippen molar-refractivity contribution in [2.45, 2.75) is 13.0 Å². The summed E-state index contributed by atoms with van der Waals surface area (Å²) >= 11 is 1.11. The van der Waals surface area contributed by atoms with Gasteiger partial charge in [0.15, 0.2) is 0 Å². The zero-order valence-corrected chi connectivity index (χ0v) is 12.1. The highest BCUT2D eigenvalue weighted by Crippen LogP contribution is 2.04. The molecule has 21 heavy (non-hydrogen) atoms. The van der Waals surface area contributed by atoms with E-state index >= 15 is 0 Å². The smallest absolute Gasteiger partial charge is 0.327 e. The molecule has 1 heterocycles. The largest absolute Gasteiger partial charge is 0.480 e. The summed E-state index contributed by atoms with van der Waals surface area (Å²) in [5.41, 5.74) is 5.06. The number of hydrogen-bond donors (Lipinski definition) is 4. The minimum absolute atomic E-state index is 0.0587. The van der Waals surface area contributed by atoms with Crippen LogP contribution in [0, 0.1) is 0 Å². The van der Waals surface area contributed by atoms with E-state index < -0.39 is 17.9 Å². The van der Waals surface area contributed by atoms with Crippen LogP contribution >= 0.6 is 11.8 Å². The fraction of sp³-hybridized carbons (Fsp3) is 0.333. The molecule has 0 saturated carbocycles. The summed E-state index contributed by atoms with van der Waals surface area (Å²) in [6.07, 6.45) is 1.58. The third-order valence-electron chi connectivity index (χ3n) is 2.19. The third-order valence-corrected chi connectivity index (χ3v) is 3.22. The maximum absolute atomic E-state index is 11.5. The van der Waals surface area contributed by atoms with E-state index in [1.807, 2.05) is 0 Å². The number of carboxylic acids is 1. The molecular weight excluding hydrogens is 296 g/mol. The van der Waals surface area contributed by atoms with Gasteiger partial charge in [-0.05, 0) is 12.1 Å². The van der Waals surface area contributed by atoms with Crippen LogP contribution in [0.5, 0.6) is 0 Å². The predicted molar refractivity (Wildman–Crippen MR) is 78.6 cm³/mol. The minimum Gasteiger partial charge on any atom is -0.480 e. The highest BCUT2D eigenvalue weighted by Gasteiger charge is 2.18. The van der Waals surface area contributed by atoms with E-state index in [-0.39, 0.29) is 17.4 Å². The van der Waals surface area contributed by atoms with E-state index in [1.165, 1.54) is 6.92 Å². The lowest BCUT2D eigenvalue weighted by Crippen LogP contribution is -2.42. The number of hydrogen-bond acceptors (Lipinski definition) is 6.